The third kappa shape index (κ3) is 6.22. The first kappa shape index (κ1) is 15.5. The van der Waals surface area contributed by atoms with Crippen LogP contribution in [-0.2, 0) is 10.0 Å². The molecule has 19 heavy (non-hydrogen) atoms. The normalized spacial score (nSPS) is 10.9. The van der Waals surface area contributed by atoms with Crippen molar-refractivity contribution >= 4 is 15.8 Å². The van der Waals surface area contributed by atoms with E-state index >= 15 is 0 Å². The molecule has 0 amide bonds. The van der Waals surface area contributed by atoms with Crippen LogP contribution in [0.4, 0.5) is 5.82 Å². The van der Waals surface area contributed by atoms with Crippen LogP contribution in [-0.4, -0.2) is 30.9 Å². The molecule has 104 valence electrons. The van der Waals surface area contributed by atoms with Gasteiger partial charge in [0.15, 0.2) is 0 Å². The first-order valence-electron chi connectivity index (χ1n) is 6.00. The van der Waals surface area contributed by atoms with E-state index in [0.29, 0.717) is 18.0 Å². The highest BCUT2D eigenvalue weighted by molar-refractivity contribution is 7.92. The number of nitrogens with one attached hydrogen (secondary N) is 1. The maximum atomic E-state index is 11.8. The topological polar surface area (TPSA) is 79.3 Å². The summed E-state index contributed by atoms with van der Waals surface area (Å²) in [6.45, 7) is 3.68. The van der Waals surface area contributed by atoms with Gasteiger partial charge in [-0.3, -0.25) is 4.72 Å². The molecule has 0 aliphatic rings. The molecule has 5 nitrogen and oxygen atoms in total. The molecule has 0 aliphatic carbocycles. The number of hydrogen-bond acceptors (Lipinski definition) is 4. The van der Waals surface area contributed by atoms with E-state index in [1.165, 1.54) is 0 Å². The molecular weight excluding hydrogens is 264 g/mol. The van der Waals surface area contributed by atoms with Gasteiger partial charge in [0.05, 0.1) is 5.75 Å². The van der Waals surface area contributed by atoms with E-state index in [2.05, 4.69) is 21.5 Å². The molecule has 1 heterocycles. The molecule has 0 aromatic carbocycles. The predicted molar refractivity (Wildman–Crippen MR) is 75.1 cm³/mol. The molecule has 0 aliphatic heterocycles. The Kier molecular flexibility index (Phi) is 5.80. The second kappa shape index (κ2) is 7.12. The Labute approximate surface area is 114 Å². The lowest BCUT2D eigenvalue weighted by molar-refractivity contribution is 0.350. The fraction of sp³-hybridized carbons (Fsp3) is 0.462. The molecule has 0 bridgehead atoms. The average molecular weight is 282 g/mol. The summed E-state index contributed by atoms with van der Waals surface area (Å²) in [6, 6.07) is 4.88. The number of aromatic nitrogens is 1. The molecule has 1 rings (SSSR count). The highest BCUT2D eigenvalue weighted by Crippen LogP contribution is 2.09. The van der Waals surface area contributed by atoms with Gasteiger partial charge in [0.1, 0.15) is 18.1 Å². The Balaban J connectivity index is 2.76. The van der Waals surface area contributed by atoms with Crippen molar-refractivity contribution in [3.63, 3.8) is 0 Å². The third-order valence-electron chi connectivity index (χ3n) is 2.27. The first-order valence-corrected chi connectivity index (χ1v) is 7.65. The van der Waals surface area contributed by atoms with Gasteiger partial charge in [-0.2, -0.15) is 0 Å². The van der Waals surface area contributed by atoms with E-state index in [1.807, 2.05) is 13.8 Å². The highest BCUT2D eigenvalue weighted by atomic mass is 32.2. The SMILES string of the molecule is CC(C)CCS(=O)(=O)Nc1cccc(C#CCO)n1. The maximum Gasteiger partial charge on any atom is 0.233 e. The van der Waals surface area contributed by atoms with Crippen LogP contribution in [0.5, 0.6) is 0 Å². The minimum atomic E-state index is -3.38. The third-order valence-corrected chi connectivity index (χ3v) is 3.56. The van der Waals surface area contributed by atoms with E-state index in [9.17, 15) is 8.42 Å². The summed E-state index contributed by atoms with van der Waals surface area (Å²) >= 11 is 0. The lowest BCUT2D eigenvalue weighted by Crippen LogP contribution is -2.18. The lowest BCUT2D eigenvalue weighted by atomic mass is 10.2. The number of nitrogens with zero attached hydrogens (tertiary/aromatic N) is 1. The average Bonchev–Trinajstić information content (AvgIpc) is 2.34. The zero-order valence-electron chi connectivity index (χ0n) is 11.0. The minimum Gasteiger partial charge on any atom is -0.384 e. The number of aliphatic hydroxyl groups is 1. The van der Waals surface area contributed by atoms with Gasteiger partial charge in [-0.25, -0.2) is 13.4 Å². The van der Waals surface area contributed by atoms with Gasteiger partial charge in [-0.05, 0) is 30.4 Å². The number of aliphatic hydroxyl groups excluding tert-OH is 1. The molecule has 0 spiro atoms. The molecule has 0 saturated heterocycles. The van der Waals surface area contributed by atoms with E-state index in [1.54, 1.807) is 18.2 Å². The molecule has 1 aromatic rings. The van der Waals surface area contributed by atoms with Crippen LogP contribution in [0, 0.1) is 17.8 Å². The van der Waals surface area contributed by atoms with Crippen LogP contribution in [0.2, 0.25) is 0 Å². The Morgan fingerprint density at radius 3 is 2.79 bits per heavy atom. The number of hydrogen-bond donors (Lipinski definition) is 2. The van der Waals surface area contributed by atoms with Crippen LogP contribution >= 0.6 is 0 Å². The Bertz CT molecular complexity index is 571. The van der Waals surface area contributed by atoms with Crippen LogP contribution in [0.25, 0.3) is 0 Å². The van der Waals surface area contributed by atoms with Crippen LogP contribution < -0.4 is 4.72 Å². The van der Waals surface area contributed by atoms with E-state index in [-0.39, 0.29) is 18.2 Å². The molecule has 0 saturated carbocycles. The van der Waals surface area contributed by atoms with Crippen LogP contribution in [0.15, 0.2) is 18.2 Å². The van der Waals surface area contributed by atoms with Crippen LogP contribution in [0.3, 0.4) is 0 Å². The van der Waals surface area contributed by atoms with Crippen molar-refractivity contribution in [2.45, 2.75) is 20.3 Å². The Morgan fingerprint density at radius 2 is 2.16 bits per heavy atom. The zero-order chi connectivity index (χ0) is 14.3. The number of rotatable bonds is 5. The lowest BCUT2D eigenvalue weighted by Gasteiger charge is -2.08. The van der Waals surface area contributed by atoms with Crippen molar-refractivity contribution in [3.8, 4) is 11.8 Å². The smallest absolute Gasteiger partial charge is 0.233 e. The van der Waals surface area contributed by atoms with Gasteiger partial charge in [-0.1, -0.05) is 25.8 Å². The molecule has 0 unspecified atom stereocenters. The first-order chi connectivity index (χ1) is 8.93. The maximum absolute atomic E-state index is 11.8. The van der Waals surface area contributed by atoms with Crippen molar-refractivity contribution in [1.82, 2.24) is 4.98 Å². The summed E-state index contributed by atoms with van der Waals surface area (Å²) in [7, 11) is -3.38. The predicted octanol–water partition coefficient (Wildman–Crippen LogP) is 1.21. The van der Waals surface area contributed by atoms with Gasteiger partial charge in [0, 0.05) is 0 Å². The summed E-state index contributed by atoms with van der Waals surface area (Å²) in [6.07, 6.45) is 0.597. The Hall–Kier alpha value is -1.58. The van der Waals surface area contributed by atoms with Crippen molar-refractivity contribution < 1.29 is 13.5 Å². The number of anilines is 1. The van der Waals surface area contributed by atoms with Gasteiger partial charge in [-0.15, -0.1) is 0 Å². The molecule has 0 atom stereocenters. The standard InChI is InChI=1S/C13H18N2O3S/c1-11(2)8-10-19(17,18)15-13-7-3-5-12(14-13)6-4-9-16/h3,5,7,11,16H,8-10H2,1-2H3,(H,14,15). The van der Waals surface area contributed by atoms with E-state index in [4.69, 9.17) is 5.11 Å². The highest BCUT2D eigenvalue weighted by Gasteiger charge is 2.12. The van der Waals surface area contributed by atoms with Gasteiger partial charge < -0.3 is 5.11 Å². The van der Waals surface area contributed by atoms with Gasteiger partial charge in [0.2, 0.25) is 10.0 Å². The molecular formula is C13H18N2O3S. The van der Waals surface area contributed by atoms with Crippen molar-refractivity contribution in [1.29, 1.82) is 0 Å². The second-order valence-electron chi connectivity index (χ2n) is 4.47. The number of sulfonamides is 1. The molecule has 1 aromatic heterocycles. The van der Waals surface area contributed by atoms with Crippen LogP contribution in [0.1, 0.15) is 26.0 Å². The van der Waals surface area contributed by atoms with Gasteiger partial charge in [0.25, 0.3) is 0 Å². The molecule has 6 heteroatoms. The monoisotopic (exact) mass is 282 g/mol. The molecule has 2 N–H and O–H groups in total. The summed E-state index contributed by atoms with van der Waals surface area (Å²) < 4.78 is 26.0. The summed E-state index contributed by atoms with van der Waals surface area (Å²) in [5.41, 5.74) is 0.415. The van der Waals surface area contributed by atoms with Crippen molar-refractivity contribution in [2.24, 2.45) is 5.92 Å². The fourth-order valence-corrected chi connectivity index (χ4v) is 2.61. The second-order valence-corrected chi connectivity index (χ2v) is 6.31. The number of pyridine rings is 1. The van der Waals surface area contributed by atoms with E-state index in [0.717, 1.165) is 0 Å². The fourth-order valence-electron chi connectivity index (χ4n) is 1.29. The van der Waals surface area contributed by atoms with E-state index < -0.39 is 10.0 Å². The summed E-state index contributed by atoms with van der Waals surface area (Å²) in [5.74, 6) is 5.72. The minimum absolute atomic E-state index is 0.0683. The zero-order valence-corrected chi connectivity index (χ0v) is 11.9. The van der Waals surface area contributed by atoms with Crippen molar-refractivity contribution in [2.75, 3.05) is 17.1 Å². The summed E-state index contributed by atoms with van der Waals surface area (Å²) in [4.78, 5) is 4.05. The summed E-state index contributed by atoms with van der Waals surface area (Å²) in [5, 5.41) is 8.59. The van der Waals surface area contributed by atoms with Gasteiger partial charge >= 0.3 is 0 Å². The quantitative estimate of drug-likeness (QED) is 0.796. The largest absolute Gasteiger partial charge is 0.384 e. The molecule has 0 radical (unpaired) electrons. The Morgan fingerprint density at radius 1 is 1.42 bits per heavy atom. The van der Waals surface area contributed by atoms with Crippen molar-refractivity contribution in [3.05, 3.63) is 23.9 Å². The molecule has 0 fully saturated rings.